The van der Waals surface area contributed by atoms with Gasteiger partial charge in [0, 0.05) is 37.7 Å². The number of benzene rings is 1. The molecule has 4 aliphatic rings. The van der Waals surface area contributed by atoms with E-state index < -0.39 is 11.3 Å². The number of ether oxygens (including phenoxy) is 1. The van der Waals surface area contributed by atoms with Crippen molar-refractivity contribution in [3.8, 4) is 0 Å². The van der Waals surface area contributed by atoms with Crippen LogP contribution in [0.25, 0.3) is 0 Å². The fourth-order valence-corrected chi connectivity index (χ4v) is 6.58. The zero-order valence-corrected chi connectivity index (χ0v) is 19.6. The first-order valence-electron chi connectivity index (χ1n) is 12.6. The molecular formula is C27H34N2O4. The van der Waals surface area contributed by atoms with E-state index in [1.54, 1.807) is 0 Å². The standard InChI is InChI=1S/C27H34N2O4/c1-2-33-26(32)27-13-10-21-9-6-14-29(24(21)27)25(31)22(18-27)17-23(30)28-15-11-20(12-16-28)19-7-4-3-5-8-19/h3-5,7-8,20,22H,2,6,9-18H2,1H3/t22-,27-/m1/s1. The molecule has 0 radical (unpaired) electrons. The predicted molar refractivity (Wildman–Crippen MR) is 124 cm³/mol. The van der Waals surface area contributed by atoms with Crippen molar-refractivity contribution < 1.29 is 19.1 Å². The number of hydrogen-bond acceptors (Lipinski definition) is 4. The molecule has 2 fully saturated rings. The minimum atomic E-state index is -0.745. The molecule has 3 heterocycles. The number of rotatable bonds is 5. The second-order valence-electron chi connectivity index (χ2n) is 10.0. The molecule has 2 amide bonds. The Labute approximate surface area is 196 Å². The third-order valence-corrected chi connectivity index (χ3v) is 8.19. The van der Waals surface area contributed by atoms with E-state index in [0.29, 0.717) is 31.9 Å². The molecule has 6 heteroatoms. The van der Waals surface area contributed by atoms with Crippen molar-refractivity contribution in [2.45, 2.75) is 64.2 Å². The van der Waals surface area contributed by atoms with E-state index >= 15 is 0 Å². The lowest BCUT2D eigenvalue weighted by molar-refractivity contribution is -0.161. The van der Waals surface area contributed by atoms with Gasteiger partial charge >= 0.3 is 5.97 Å². The molecule has 0 unspecified atom stereocenters. The topological polar surface area (TPSA) is 66.9 Å². The first-order chi connectivity index (χ1) is 16.0. The Morgan fingerprint density at radius 1 is 1.09 bits per heavy atom. The number of esters is 1. The molecule has 0 saturated carbocycles. The SMILES string of the molecule is CCOC(=O)[C@@]12CCC3=C1N(CCC3)C(=O)[C@H](CC(=O)N1CCC(c3ccccc3)CC1)C2. The van der Waals surface area contributed by atoms with Crippen molar-refractivity contribution in [1.29, 1.82) is 0 Å². The van der Waals surface area contributed by atoms with E-state index in [1.807, 2.05) is 22.8 Å². The summed E-state index contributed by atoms with van der Waals surface area (Å²) in [4.78, 5) is 43.6. The molecular weight excluding hydrogens is 416 g/mol. The predicted octanol–water partition coefficient (Wildman–Crippen LogP) is 4.02. The number of nitrogens with zero attached hydrogens (tertiary/aromatic N) is 2. The summed E-state index contributed by atoms with van der Waals surface area (Å²) in [5, 5.41) is 0. The van der Waals surface area contributed by atoms with Crippen LogP contribution in [-0.4, -0.2) is 53.8 Å². The van der Waals surface area contributed by atoms with E-state index in [0.717, 1.165) is 50.9 Å². The smallest absolute Gasteiger partial charge is 0.318 e. The van der Waals surface area contributed by atoms with Crippen molar-refractivity contribution in [1.82, 2.24) is 9.80 Å². The van der Waals surface area contributed by atoms with Gasteiger partial charge < -0.3 is 14.5 Å². The summed E-state index contributed by atoms with van der Waals surface area (Å²) in [6, 6.07) is 10.5. The first-order valence-corrected chi connectivity index (χ1v) is 12.6. The maximum atomic E-state index is 13.4. The van der Waals surface area contributed by atoms with Crippen LogP contribution in [0.4, 0.5) is 0 Å². The lowest BCUT2D eigenvalue weighted by Gasteiger charge is -2.46. The second kappa shape index (κ2) is 8.96. The van der Waals surface area contributed by atoms with Gasteiger partial charge in [0.05, 0.1) is 6.61 Å². The zero-order valence-electron chi connectivity index (χ0n) is 19.6. The van der Waals surface area contributed by atoms with Gasteiger partial charge in [0.15, 0.2) is 0 Å². The lowest BCUT2D eigenvalue weighted by Crippen LogP contribution is -2.53. The Kier molecular flexibility index (Phi) is 6.02. The van der Waals surface area contributed by atoms with Gasteiger partial charge in [0.2, 0.25) is 11.8 Å². The Morgan fingerprint density at radius 3 is 2.58 bits per heavy atom. The minimum Gasteiger partial charge on any atom is -0.465 e. The fraction of sp³-hybridized carbons (Fsp3) is 0.593. The van der Waals surface area contributed by atoms with Gasteiger partial charge in [-0.15, -0.1) is 0 Å². The van der Waals surface area contributed by atoms with Crippen molar-refractivity contribution in [2.75, 3.05) is 26.2 Å². The van der Waals surface area contributed by atoms with Gasteiger partial charge in [-0.05, 0) is 68.9 Å². The minimum absolute atomic E-state index is 0.0246. The average molecular weight is 451 g/mol. The molecule has 0 aromatic heterocycles. The van der Waals surface area contributed by atoms with E-state index in [2.05, 4.69) is 24.3 Å². The molecule has 5 rings (SSSR count). The average Bonchev–Trinajstić information content (AvgIpc) is 3.24. The Balaban J connectivity index is 1.29. The van der Waals surface area contributed by atoms with E-state index in [9.17, 15) is 14.4 Å². The van der Waals surface area contributed by atoms with Crippen LogP contribution >= 0.6 is 0 Å². The molecule has 2 saturated heterocycles. The molecule has 0 bridgehead atoms. The summed E-state index contributed by atoms with van der Waals surface area (Å²) in [5.74, 6) is -0.111. The van der Waals surface area contributed by atoms with Crippen LogP contribution in [0.15, 0.2) is 41.6 Å². The molecule has 1 aromatic carbocycles. The second-order valence-corrected chi connectivity index (χ2v) is 10.0. The number of allylic oxidation sites excluding steroid dienone is 1. The summed E-state index contributed by atoms with van der Waals surface area (Å²) >= 11 is 0. The van der Waals surface area contributed by atoms with Gasteiger partial charge in [-0.25, -0.2) is 0 Å². The molecule has 1 aromatic rings. The molecule has 33 heavy (non-hydrogen) atoms. The molecule has 0 spiro atoms. The van der Waals surface area contributed by atoms with Crippen LogP contribution in [-0.2, 0) is 19.1 Å². The number of carbonyl (C=O) groups is 3. The zero-order chi connectivity index (χ0) is 23.0. The summed E-state index contributed by atoms with van der Waals surface area (Å²) in [5.41, 5.74) is 2.76. The summed E-state index contributed by atoms with van der Waals surface area (Å²) in [7, 11) is 0. The highest BCUT2D eigenvalue weighted by molar-refractivity contribution is 5.93. The van der Waals surface area contributed by atoms with Crippen LogP contribution in [0.5, 0.6) is 0 Å². The van der Waals surface area contributed by atoms with Gasteiger partial charge in [-0.2, -0.15) is 0 Å². The van der Waals surface area contributed by atoms with Crippen LogP contribution in [0, 0.1) is 11.3 Å². The lowest BCUT2D eigenvalue weighted by atomic mass is 9.71. The van der Waals surface area contributed by atoms with Crippen LogP contribution in [0.3, 0.4) is 0 Å². The fourth-order valence-electron chi connectivity index (χ4n) is 6.58. The van der Waals surface area contributed by atoms with Gasteiger partial charge in [-0.1, -0.05) is 30.3 Å². The molecule has 6 nitrogen and oxygen atoms in total. The third kappa shape index (κ3) is 3.87. The van der Waals surface area contributed by atoms with Crippen LogP contribution in [0.2, 0.25) is 0 Å². The first kappa shape index (κ1) is 22.2. The highest BCUT2D eigenvalue weighted by Crippen LogP contribution is 2.56. The van der Waals surface area contributed by atoms with Gasteiger partial charge in [0.25, 0.3) is 0 Å². The van der Waals surface area contributed by atoms with Gasteiger partial charge in [0.1, 0.15) is 5.41 Å². The van der Waals surface area contributed by atoms with Crippen molar-refractivity contribution in [3.05, 3.63) is 47.2 Å². The Morgan fingerprint density at radius 2 is 1.85 bits per heavy atom. The molecule has 0 N–H and O–H groups in total. The highest BCUT2D eigenvalue weighted by Gasteiger charge is 2.58. The van der Waals surface area contributed by atoms with Crippen LogP contribution in [0.1, 0.15) is 69.8 Å². The van der Waals surface area contributed by atoms with E-state index in [1.165, 1.54) is 11.1 Å². The van der Waals surface area contributed by atoms with E-state index in [-0.39, 0.29) is 24.2 Å². The normalized spacial score (nSPS) is 27.5. The number of hydrogen-bond donors (Lipinski definition) is 0. The third-order valence-electron chi connectivity index (χ3n) is 8.19. The summed E-state index contributed by atoms with van der Waals surface area (Å²) in [6.07, 6.45) is 5.94. The quantitative estimate of drug-likeness (QED) is 0.636. The number of amides is 2. The highest BCUT2D eigenvalue weighted by atomic mass is 16.5. The molecule has 176 valence electrons. The van der Waals surface area contributed by atoms with Crippen molar-refractivity contribution in [3.63, 3.8) is 0 Å². The van der Waals surface area contributed by atoms with Crippen molar-refractivity contribution in [2.24, 2.45) is 11.3 Å². The monoisotopic (exact) mass is 450 g/mol. The molecule has 3 aliphatic heterocycles. The molecule has 2 atom stereocenters. The maximum absolute atomic E-state index is 13.4. The van der Waals surface area contributed by atoms with Crippen LogP contribution < -0.4 is 0 Å². The Bertz CT molecular complexity index is 964. The Hall–Kier alpha value is -2.63. The number of carbonyl (C=O) groups excluding carboxylic acids is 3. The summed E-state index contributed by atoms with van der Waals surface area (Å²) in [6.45, 7) is 4.25. The van der Waals surface area contributed by atoms with Crippen molar-refractivity contribution >= 4 is 17.8 Å². The largest absolute Gasteiger partial charge is 0.465 e. The molecule has 1 aliphatic carbocycles. The summed E-state index contributed by atoms with van der Waals surface area (Å²) < 4.78 is 5.50. The van der Waals surface area contributed by atoms with Gasteiger partial charge in [-0.3, -0.25) is 14.4 Å². The number of likely N-dealkylation sites (tertiary alicyclic amines) is 1. The number of piperidine rings is 2. The van der Waals surface area contributed by atoms with E-state index in [4.69, 9.17) is 4.74 Å². The maximum Gasteiger partial charge on any atom is 0.318 e.